The first-order valence-corrected chi connectivity index (χ1v) is 6.25. The Morgan fingerprint density at radius 2 is 2.28 bits per heavy atom. The monoisotopic (exact) mass is 330 g/mol. The molecule has 0 aliphatic heterocycles. The van der Waals surface area contributed by atoms with Gasteiger partial charge < -0.3 is 0 Å². The van der Waals surface area contributed by atoms with Crippen molar-refractivity contribution >= 4 is 33.2 Å². The standard InChI is InChI=1S/C10H8BrClN4O2/c1-2-7-9(16(17)18)10(12)15(14-7)8-4-3-6(11)5-13-8/h3-5H,2H2,1H3. The van der Waals surface area contributed by atoms with Gasteiger partial charge in [0.15, 0.2) is 5.82 Å². The number of aromatic nitrogens is 3. The SMILES string of the molecule is CCc1nn(-c2ccc(Br)cn2)c(Cl)c1[N+](=O)[O-]. The predicted molar refractivity (Wildman–Crippen MR) is 70.1 cm³/mol. The van der Waals surface area contributed by atoms with E-state index in [-0.39, 0.29) is 10.8 Å². The molecule has 2 rings (SSSR count). The largest absolute Gasteiger partial charge is 0.329 e. The fourth-order valence-corrected chi connectivity index (χ4v) is 2.03. The fourth-order valence-electron chi connectivity index (χ4n) is 1.50. The van der Waals surface area contributed by atoms with Gasteiger partial charge in [-0.05, 0) is 34.5 Å². The van der Waals surface area contributed by atoms with Gasteiger partial charge in [-0.2, -0.15) is 9.78 Å². The van der Waals surface area contributed by atoms with Crippen LogP contribution in [0.5, 0.6) is 0 Å². The third-order valence-corrected chi connectivity index (χ3v) is 3.13. The molecule has 0 saturated heterocycles. The summed E-state index contributed by atoms with van der Waals surface area (Å²) in [4.78, 5) is 14.5. The van der Waals surface area contributed by atoms with E-state index in [0.717, 1.165) is 4.47 Å². The minimum absolute atomic E-state index is 0.0355. The van der Waals surface area contributed by atoms with Crippen molar-refractivity contribution in [1.29, 1.82) is 0 Å². The molecule has 0 aromatic carbocycles. The third-order valence-electron chi connectivity index (χ3n) is 2.32. The molecule has 0 atom stereocenters. The maximum atomic E-state index is 10.9. The summed E-state index contributed by atoms with van der Waals surface area (Å²) in [5, 5.41) is 15.0. The van der Waals surface area contributed by atoms with E-state index in [1.54, 1.807) is 25.3 Å². The highest BCUT2D eigenvalue weighted by molar-refractivity contribution is 9.10. The van der Waals surface area contributed by atoms with E-state index >= 15 is 0 Å². The molecule has 0 saturated carbocycles. The second-order valence-corrected chi connectivity index (χ2v) is 4.72. The van der Waals surface area contributed by atoms with Crippen LogP contribution in [0.2, 0.25) is 5.15 Å². The second-order valence-electron chi connectivity index (χ2n) is 3.44. The molecule has 0 radical (unpaired) electrons. The van der Waals surface area contributed by atoms with Crippen LogP contribution < -0.4 is 0 Å². The summed E-state index contributed by atoms with van der Waals surface area (Å²) in [7, 11) is 0. The third kappa shape index (κ3) is 2.23. The van der Waals surface area contributed by atoms with Crippen molar-refractivity contribution in [3.05, 3.63) is 43.8 Å². The van der Waals surface area contributed by atoms with Crippen molar-refractivity contribution in [1.82, 2.24) is 14.8 Å². The Morgan fingerprint density at radius 3 is 2.72 bits per heavy atom. The lowest BCUT2D eigenvalue weighted by Gasteiger charge is -2.00. The maximum absolute atomic E-state index is 10.9. The highest BCUT2D eigenvalue weighted by Gasteiger charge is 2.26. The Hall–Kier alpha value is -1.47. The van der Waals surface area contributed by atoms with Gasteiger partial charge in [0.25, 0.3) is 0 Å². The van der Waals surface area contributed by atoms with Gasteiger partial charge in [0.05, 0.1) is 4.92 Å². The van der Waals surface area contributed by atoms with Crippen LogP contribution >= 0.6 is 27.5 Å². The first kappa shape index (κ1) is 13.0. The van der Waals surface area contributed by atoms with E-state index in [4.69, 9.17) is 11.6 Å². The summed E-state index contributed by atoms with van der Waals surface area (Å²) >= 11 is 9.24. The smallest absolute Gasteiger partial charge is 0.258 e. The first-order valence-electron chi connectivity index (χ1n) is 5.08. The molecule has 0 N–H and O–H groups in total. The molecule has 0 unspecified atom stereocenters. The van der Waals surface area contributed by atoms with Crippen molar-refractivity contribution in [3.8, 4) is 5.82 Å². The Morgan fingerprint density at radius 1 is 1.56 bits per heavy atom. The zero-order valence-corrected chi connectivity index (χ0v) is 11.6. The average Bonchev–Trinajstić information content (AvgIpc) is 2.67. The van der Waals surface area contributed by atoms with Crippen molar-refractivity contribution < 1.29 is 4.92 Å². The van der Waals surface area contributed by atoms with Crippen molar-refractivity contribution in [2.24, 2.45) is 0 Å². The highest BCUT2D eigenvalue weighted by Crippen LogP contribution is 2.30. The molecule has 2 aromatic heterocycles. The number of halogens is 2. The quantitative estimate of drug-likeness (QED) is 0.639. The topological polar surface area (TPSA) is 73.8 Å². The summed E-state index contributed by atoms with van der Waals surface area (Å²) in [6, 6.07) is 3.43. The number of hydrogen-bond donors (Lipinski definition) is 0. The fraction of sp³-hybridized carbons (Fsp3) is 0.200. The molecule has 94 valence electrons. The van der Waals surface area contributed by atoms with Crippen LogP contribution in [0.25, 0.3) is 5.82 Å². The molecule has 0 amide bonds. The molecule has 0 bridgehead atoms. The molecule has 8 heteroatoms. The summed E-state index contributed by atoms with van der Waals surface area (Å²) in [5.41, 5.74) is 0.179. The van der Waals surface area contributed by atoms with Gasteiger partial charge in [-0.1, -0.05) is 18.5 Å². The number of nitrogens with zero attached hydrogens (tertiary/aromatic N) is 4. The Balaban J connectivity index is 2.59. The minimum atomic E-state index is -0.524. The second kappa shape index (κ2) is 5.03. The van der Waals surface area contributed by atoms with E-state index < -0.39 is 4.92 Å². The van der Waals surface area contributed by atoms with Crippen LogP contribution in [0.4, 0.5) is 5.69 Å². The molecule has 0 aliphatic rings. The summed E-state index contributed by atoms with van der Waals surface area (Å²) in [5.74, 6) is 0.436. The average molecular weight is 332 g/mol. The zero-order valence-electron chi connectivity index (χ0n) is 9.30. The van der Waals surface area contributed by atoms with Gasteiger partial charge in [-0.25, -0.2) is 4.98 Å². The van der Waals surface area contributed by atoms with Crippen LogP contribution in [-0.2, 0) is 6.42 Å². The lowest BCUT2D eigenvalue weighted by Crippen LogP contribution is -1.99. The van der Waals surface area contributed by atoms with Crippen molar-refractivity contribution in [2.45, 2.75) is 13.3 Å². The van der Waals surface area contributed by atoms with Crippen LogP contribution in [0.3, 0.4) is 0 Å². The van der Waals surface area contributed by atoms with Crippen LogP contribution in [0, 0.1) is 10.1 Å². The van der Waals surface area contributed by atoms with Gasteiger partial charge in [-0.3, -0.25) is 10.1 Å². The summed E-state index contributed by atoms with van der Waals surface area (Å²) < 4.78 is 2.07. The van der Waals surface area contributed by atoms with E-state index in [1.807, 2.05) is 0 Å². The number of rotatable bonds is 3. The molecular formula is C10H8BrClN4O2. The molecule has 0 aliphatic carbocycles. The molecule has 18 heavy (non-hydrogen) atoms. The lowest BCUT2D eigenvalue weighted by molar-refractivity contribution is -0.385. The van der Waals surface area contributed by atoms with E-state index in [2.05, 4.69) is 26.0 Å². The summed E-state index contributed by atoms with van der Waals surface area (Å²) in [6.07, 6.45) is 2.00. The minimum Gasteiger partial charge on any atom is -0.258 e. The normalized spacial score (nSPS) is 10.6. The number of pyridine rings is 1. The van der Waals surface area contributed by atoms with Gasteiger partial charge in [0, 0.05) is 10.7 Å². The summed E-state index contributed by atoms with van der Waals surface area (Å²) in [6.45, 7) is 1.78. The molecule has 6 nitrogen and oxygen atoms in total. The van der Waals surface area contributed by atoms with Crippen LogP contribution in [0.1, 0.15) is 12.6 Å². The van der Waals surface area contributed by atoms with E-state index in [9.17, 15) is 10.1 Å². The van der Waals surface area contributed by atoms with Gasteiger partial charge in [0.2, 0.25) is 5.15 Å². The van der Waals surface area contributed by atoms with Crippen molar-refractivity contribution in [2.75, 3.05) is 0 Å². The Kier molecular flexibility index (Phi) is 3.63. The molecule has 2 heterocycles. The van der Waals surface area contributed by atoms with Gasteiger partial charge in [0.1, 0.15) is 5.69 Å². The van der Waals surface area contributed by atoms with Gasteiger partial charge in [-0.15, -0.1) is 0 Å². The lowest BCUT2D eigenvalue weighted by atomic mass is 10.3. The van der Waals surface area contributed by atoms with E-state index in [0.29, 0.717) is 17.9 Å². The van der Waals surface area contributed by atoms with E-state index in [1.165, 1.54) is 4.68 Å². The number of aryl methyl sites for hydroxylation is 1. The van der Waals surface area contributed by atoms with Crippen LogP contribution in [-0.4, -0.2) is 19.7 Å². The predicted octanol–water partition coefficient (Wildman–Crippen LogP) is 3.15. The number of hydrogen-bond acceptors (Lipinski definition) is 4. The highest BCUT2D eigenvalue weighted by atomic mass is 79.9. The maximum Gasteiger partial charge on any atom is 0.329 e. The first-order chi connectivity index (χ1) is 8.54. The Labute approximate surface area is 116 Å². The molecular weight excluding hydrogens is 323 g/mol. The zero-order chi connectivity index (χ0) is 13.3. The van der Waals surface area contributed by atoms with Crippen molar-refractivity contribution in [3.63, 3.8) is 0 Å². The molecule has 2 aromatic rings. The Bertz CT molecular complexity index is 597. The molecule has 0 fully saturated rings. The number of nitro groups is 1. The van der Waals surface area contributed by atoms with Gasteiger partial charge >= 0.3 is 5.69 Å². The molecule has 0 spiro atoms. The van der Waals surface area contributed by atoms with Crippen LogP contribution in [0.15, 0.2) is 22.8 Å².